The number of amides is 1. The van der Waals surface area contributed by atoms with Crippen molar-refractivity contribution in [2.24, 2.45) is 0 Å². The van der Waals surface area contributed by atoms with E-state index in [-0.39, 0.29) is 18.1 Å². The number of carbonyl (C=O) groups excluding carboxylic acids is 1. The summed E-state index contributed by atoms with van der Waals surface area (Å²) in [4.78, 5) is 11.7. The number of nitrogen functional groups attached to an aromatic ring is 1. The van der Waals surface area contributed by atoms with E-state index in [9.17, 15) is 4.79 Å². The van der Waals surface area contributed by atoms with Gasteiger partial charge in [-0.2, -0.15) is 0 Å². The molecule has 0 aliphatic rings. The van der Waals surface area contributed by atoms with Crippen LogP contribution in [0.4, 0.5) is 11.5 Å². The lowest BCUT2D eigenvalue weighted by atomic mass is 10.1. The molecule has 4 N–H and O–H groups in total. The molecule has 0 bridgehead atoms. The summed E-state index contributed by atoms with van der Waals surface area (Å²) >= 11 is 0. The molecule has 1 heterocycles. The van der Waals surface area contributed by atoms with Crippen molar-refractivity contribution < 1.29 is 14.5 Å². The predicted octanol–water partition coefficient (Wildman–Crippen LogP) is 0.439. The number of anilines is 2. The van der Waals surface area contributed by atoms with Crippen molar-refractivity contribution in [1.82, 2.24) is 10.3 Å². The van der Waals surface area contributed by atoms with Crippen LogP contribution in [-0.2, 0) is 6.42 Å². The van der Waals surface area contributed by atoms with Crippen molar-refractivity contribution in [2.45, 2.75) is 6.42 Å². The zero-order chi connectivity index (χ0) is 13.0. The van der Waals surface area contributed by atoms with Crippen molar-refractivity contribution in [1.29, 1.82) is 0 Å². The number of aromatic nitrogens is 2. The van der Waals surface area contributed by atoms with Crippen LogP contribution in [0, 0.1) is 0 Å². The first-order chi connectivity index (χ1) is 8.70. The molecule has 7 heteroatoms. The number of aliphatic hydroxyl groups excluding tert-OH is 1. The number of nitrogens with one attached hydrogen (secondary N) is 1. The monoisotopic (exact) mass is 248 g/mol. The summed E-state index contributed by atoms with van der Waals surface area (Å²) in [7, 11) is 0. The standard InChI is InChI=1S/C11H12N4O3/c12-10-9(14-18-15-10)11(17)13-8-3-1-7(2-4-8)5-6-16/h1-4,16H,5-6H2,(H2,12,15)(H,13,17). The number of hydrogen-bond donors (Lipinski definition) is 3. The third kappa shape index (κ3) is 2.64. The Labute approximate surface area is 103 Å². The summed E-state index contributed by atoms with van der Waals surface area (Å²) in [6, 6.07) is 7.09. The van der Waals surface area contributed by atoms with Crippen molar-refractivity contribution in [3.05, 3.63) is 35.5 Å². The summed E-state index contributed by atoms with van der Waals surface area (Å²) in [6.07, 6.45) is 0.578. The molecule has 1 amide bonds. The van der Waals surface area contributed by atoms with Gasteiger partial charge in [-0.1, -0.05) is 12.1 Å². The zero-order valence-electron chi connectivity index (χ0n) is 9.46. The summed E-state index contributed by atoms with van der Waals surface area (Å²) in [5, 5.41) is 18.1. The molecule has 1 aromatic heterocycles. The summed E-state index contributed by atoms with van der Waals surface area (Å²) in [5.41, 5.74) is 6.94. The van der Waals surface area contributed by atoms with E-state index in [2.05, 4.69) is 20.3 Å². The summed E-state index contributed by atoms with van der Waals surface area (Å²) in [6.45, 7) is 0.0901. The van der Waals surface area contributed by atoms with Gasteiger partial charge in [-0.05, 0) is 34.4 Å². The molecule has 2 rings (SSSR count). The normalized spacial score (nSPS) is 10.3. The van der Waals surface area contributed by atoms with E-state index in [0.29, 0.717) is 12.1 Å². The first-order valence-electron chi connectivity index (χ1n) is 5.30. The molecule has 0 aliphatic heterocycles. The smallest absolute Gasteiger partial charge is 0.281 e. The third-order valence-electron chi connectivity index (χ3n) is 2.34. The van der Waals surface area contributed by atoms with Gasteiger partial charge in [0.2, 0.25) is 11.5 Å². The minimum absolute atomic E-state index is 0.0468. The number of nitrogens with two attached hydrogens (primary N) is 1. The van der Waals surface area contributed by atoms with E-state index in [4.69, 9.17) is 10.8 Å². The molecular weight excluding hydrogens is 236 g/mol. The van der Waals surface area contributed by atoms with Crippen LogP contribution in [0.2, 0.25) is 0 Å². The Morgan fingerprint density at radius 1 is 1.33 bits per heavy atom. The highest BCUT2D eigenvalue weighted by molar-refractivity contribution is 6.05. The number of carbonyl (C=O) groups is 1. The average molecular weight is 248 g/mol. The predicted molar refractivity (Wildman–Crippen MR) is 63.9 cm³/mol. The Hall–Kier alpha value is -2.41. The topological polar surface area (TPSA) is 114 Å². The van der Waals surface area contributed by atoms with Crippen LogP contribution >= 0.6 is 0 Å². The molecular formula is C11H12N4O3. The fourth-order valence-corrected chi connectivity index (χ4v) is 1.43. The van der Waals surface area contributed by atoms with Crippen LogP contribution in [0.25, 0.3) is 0 Å². The Kier molecular flexibility index (Phi) is 3.54. The van der Waals surface area contributed by atoms with E-state index in [1.165, 1.54) is 0 Å². The largest absolute Gasteiger partial charge is 0.396 e. The van der Waals surface area contributed by atoms with Crippen LogP contribution in [0.15, 0.2) is 28.9 Å². The molecule has 0 fully saturated rings. The first-order valence-corrected chi connectivity index (χ1v) is 5.30. The second-order valence-electron chi connectivity index (χ2n) is 3.62. The number of hydrogen-bond acceptors (Lipinski definition) is 6. The number of benzene rings is 1. The lowest BCUT2D eigenvalue weighted by Gasteiger charge is -2.04. The van der Waals surface area contributed by atoms with Gasteiger partial charge in [0.1, 0.15) is 0 Å². The summed E-state index contributed by atoms with van der Waals surface area (Å²) in [5.74, 6) is -0.534. The minimum Gasteiger partial charge on any atom is -0.396 e. The molecule has 0 atom stereocenters. The Morgan fingerprint density at radius 3 is 2.61 bits per heavy atom. The number of aliphatic hydroxyl groups is 1. The molecule has 0 aliphatic carbocycles. The third-order valence-corrected chi connectivity index (χ3v) is 2.34. The molecule has 0 unspecified atom stereocenters. The highest BCUT2D eigenvalue weighted by Crippen LogP contribution is 2.12. The van der Waals surface area contributed by atoms with Crippen molar-refractivity contribution in [3.63, 3.8) is 0 Å². The molecule has 2 aromatic rings. The lowest BCUT2D eigenvalue weighted by molar-refractivity contribution is 0.101. The highest BCUT2D eigenvalue weighted by atomic mass is 16.6. The van der Waals surface area contributed by atoms with Gasteiger partial charge < -0.3 is 16.2 Å². The molecule has 0 saturated heterocycles. The van der Waals surface area contributed by atoms with Gasteiger partial charge in [0.25, 0.3) is 5.91 Å². The first kappa shape index (κ1) is 12.1. The van der Waals surface area contributed by atoms with E-state index in [0.717, 1.165) is 5.56 Å². The van der Waals surface area contributed by atoms with Gasteiger partial charge in [-0.15, -0.1) is 0 Å². The second kappa shape index (κ2) is 5.28. The highest BCUT2D eigenvalue weighted by Gasteiger charge is 2.15. The second-order valence-corrected chi connectivity index (χ2v) is 3.62. The van der Waals surface area contributed by atoms with Crippen molar-refractivity contribution in [2.75, 3.05) is 17.7 Å². The van der Waals surface area contributed by atoms with E-state index >= 15 is 0 Å². The van der Waals surface area contributed by atoms with E-state index in [1.807, 2.05) is 12.1 Å². The van der Waals surface area contributed by atoms with Crippen molar-refractivity contribution in [3.8, 4) is 0 Å². The minimum atomic E-state index is -0.483. The van der Waals surface area contributed by atoms with E-state index < -0.39 is 5.91 Å². The lowest BCUT2D eigenvalue weighted by Crippen LogP contribution is -2.14. The van der Waals surface area contributed by atoms with E-state index in [1.54, 1.807) is 12.1 Å². The maximum Gasteiger partial charge on any atom is 0.281 e. The molecule has 18 heavy (non-hydrogen) atoms. The Morgan fingerprint density at radius 2 is 2.06 bits per heavy atom. The molecule has 0 radical (unpaired) electrons. The molecule has 1 aromatic carbocycles. The van der Waals surface area contributed by atoms with Crippen LogP contribution in [0.1, 0.15) is 16.1 Å². The van der Waals surface area contributed by atoms with Gasteiger partial charge in [-0.25, -0.2) is 4.63 Å². The Bertz CT molecular complexity index is 535. The van der Waals surface area contributed by atoms with Crippen LogP contribution in [-0.4, -0.2) is 27.9 Å². The maximum atomic E-state index is 11.7. The molecule has 0 spiro atoms. The van der Waals surface area contributed by atoms with Crippen LogP contribution in [0.3, 0.4) is 0 Å². The van der Waals surface area contributed by atoms with Gasteiger partial charge in [0.15, 0.2) is 0 Å². The molecule has 7 nitrogen and oxygen atoms in total. The van der Waals surface area contributed by atoms with Crippen LogP contribution in [0.5, 0.6) is 0 Å². The number of nitrogens with zero attached hydrogens (tertiary/aromatic N) is 2. The average Bonchev–Trinajstić information content (AvgIpc) is 2.78. The van der Waals surface area contributed by atoms with Crippen molar-refractivity contribution >= 4 is 17.4 Å². The van der Waals surface area contributed by atoms with Gasteiger partial charge >= 0.3 is 0 Å². The summed E-state index contributed by atoms with van der Waals surface area (Å²) < 4.78 is 4.34. The fraction of sp³-hybridized carbons (Fsp3) is 0.182. The molecule has 0 saturated carbocycles. The fourth-order valence-electron chi connectivity index (χ4n) is 1.43. The quantitative estimate of drug-likeness (QED) is 0.723. The van der Waals surface area contributed by atoms with Gasteiger partial charge in [0.05, 0.1) is 0 Å². The van der Waals surface area contributed by atoms with Crippen LogP contribution < -0.4 is 11.1 Å². The SMILES string of the molecule is Nc1nonc1C(=O)Nc1ccc(CCO)cc1. The van der Waals surface area contributed by atoms with Gasteiger partial charge in [-0.3, -0.25) is 4.79 Å². The zero-order valence-corrected chi connectivity index (χ0v) is 9.46. The van der Waals surface area contributed by atoms with Gasteiger partial charge in [0, 0.05) is 12.3 Å². The Balaban J connectivity index is 2.05. The maximum absolute atomic E-state index is 11.7. The molecule has 94 valence electrons. The number of rotatable bonds is 4.